The first-order chi connectivity index (χ1) is 20.3. The number of likely N-dealkylation sites (tertiary alicyclic amines) is 1. The Morgan fingerprint density at radius 2 is 1.86 bits per heavy atom. The summed E-state index contributed by atoms with van der Waals surface area (Å²) in [5.41, 5.74) is 7.77. The fourth-order valence-corrected chi connectivity index (χ4v) is 4.76. The number of carboxylic acids is 1. The van der Waals surface area contributed by atoms with Crippen molar-refractivity contribution >= 4 is 28.9 Å². The zero-order chi connectivity index (χ0) is 30.3. The molecule has 10 heteroatoms. The number of unbranched alkanes of at least 4 members (excludes halogenated alkanes) is 3. The molecule has 2 fully saturated rings. The Labute approximate surface area is 246 Å². The van der Waals surface area contributed by atoms with Crippen molar-refractivity contribution in [2.24, 2.45) is 17.6 Å². The molecule has 42 heavy (non-hydrogen) atoms. The third-order valence-corrected chi connectivity index (χ3v) is 7.19. The maximum atomic E-state index is 12.0. The number of nitrogens with zero attached hydrogens (tertiary/aromatic N) is 1. The zero-order valence-electron chi connectivity index (χ0n) is 24.2. The van der Waals surface area contributed by atoms with Gasteiger partial charge in [0, 0.05) is 13.1 Å². The highest BCUT2D eigenvalue weighted by molar-refractivity contribution is 5.88. The molecule has 2 aromatic carbocycles. The second-order valence-electron chi connectivity index (χ2n) is 10.5. The van der Waals surface area contributed by atoms with Crippen LogP contribution in [0, 0.1) is 11.8 Å². The second-order valence-corrected chi connectivity index (χ2v) is 10.5. The molecule has 10 nitrogen and oxygen atoms in total. The van der Waals surface area contributed by atoms with Crippen LogP contribution in [0.3, 0.4) is 0 Å². The van der Waals surface area contributed by atoms with Crippen molar-refractivity contribution in [2.45, 2.75) is 64.5 Å². The molecule has 1 saturated carbocycles. The number of aromatic nitrogens is 1. The van der Waals surface area contributed by atoms with Crippen molar-refractivity contribution in [1.82, 2.24) is 15.2 Å². The number of hydrogen-bond acceptors (Lipinski definition) is 6. The molecule has 5 rings (SSSR count). The Morgan fingerprint density at radius 1 is 1.12 bits per heavy atom. The minimum Gasteiger partial charge on any atom is -0.481 e. The minimum atomic E-state index is -0.636. The van der Waals surface area contributed by atoms with Crippen molar-refractivity contribution in [3.63, 3.8) is 0 Å². The maximum Gasteiger partial charge on any atom is 0.417 e. The molecule has 1 aliphatic heterocycles. The van der Waals surface area contributed by atoms with Crippen molar-refractivity contribution in [3.8, 4) is 0 Å². The van der Waals surface area contributed by atoms with Gasteiger partial charge in [0.25, 0.3) is 0 Å². The van der Waals surface area contributed by atoms with E-state index in [9.17, 15) is 19.2 Å². The summed E-state index contributed by atoms with van der Waals surface area (Å²) in [5.74, 6) is -1.25. The van der Waals surface area contributed by atoms with Crippen LogP contribution < -0.4 is 16.8 Å². The number of carbonyl (C=O) groups is 3. The molecule has 0 spiro atoms. The van der Waals surface area contributed by atoms with E-state index in [0.29, 0.717) is 31.0 Å². The molecule has 3 atom stereocenters. The number of H-pyrrole nitrogens is 1. The number of primary amides is 1. The lowest BCUT2D eigenvalue weighted by atomic mass is 10.2. The zero-order valence-corrected chi connectivity index (χ0v) is 24.2. The van der Waals surface area contributed by atoms with Crippen molar-refractivity contribution in [1.29, 1.82) is 0 Å². The van der Waals surface area contributed by atoms with Crippen LogP contribution >= 0.6 is 0 Å². The SMILES string of the molecule is CCCCC/C=C\C1CC1C(=O)O.NC(=O)C1CCCN1C(=O)CNCc1ccccc1.O=c1[nH]c2ccccc2o1. The summed E-state index contributed by atoms with van der Waals surface area (Å²) in [6.45, 7) is 3.69. The smallest absolute Gasteiger partial charge is 0.417 e. The van der Waals surface area contributed by atoms with E-state index in [0.717, 1.165) is 30.3 Å². The summed E-state index contributed by atoms with van der Waals surface area (Å²) in [4.78, 5) is 48.4. The molecule has 2 aliphatic rings. The molecule has 0 bridgehead atoms. The van der Waals surface area contributed by atoms with E-state index in [4.69, 9.17) is 15.3 Å². The fourth-order valence-electron chi connectivity index (χ4n) is 4.76. The van der Waals surface area contributed by atoms with Gasteiger partial charge in [0.05, 0.1) is 18.0 Å². The highest BCUT2D eigenvalue weighted by Crippen LogP contribution is 2.39. The van der Waals surface area contributed by atoms with Gasteiger partial charge in [-0.3, -0.25) is 19.4 Å². The Hall–Kier alpha value is -4.18. The third kappa shape index (κ3) is 10.7. The van der Waals surface area contributed by atoms with Crippen molar-refractivity contribution in [3.05, 3.63) is 82.9 Å². The van der Waals surface area contributed by atoms with E-state index in [1.165, 1.54) is 19.3 Å². The first-order valence-electron chi connectivity index (χ1n) is 14.6. The minimum absolute atomic E-state index is 0.0581. The Balaban J connectivity index is 0.000000183. The number of fused-ring (bicyclic) bond motifs is 1. The average Bonchev–Trinajstić information content (AvgIpc) is 3.40. The first-order valence-corrected chi connectivity index (χ1v) is 14.6. The van der Waals surface area contributed by atoms with Gasteiger partial charge in [0.15, 0.2) is 5.58 Å². The number of allylic oxidation sites excluding steroid dienone is 2. The summed E-state index contributed by atoms with van der Waals surface area (Å²) in [7, 11) is 0. The Morgan fingerprint density at radius 3 is 2.52 bits per heavy atom. The molecule has 1 aliphatic carbocycles. The molecule has 0 radical (unpaired) electrons. The summed E-state index contributed by atoms with van der Waals surface area (Å²) in [5, 5.41) is 11.7. The van der Waals surface area contributed by atoms with Crippen LogP contribution in [0.25, 0.3) is 11.1 Å². The predicted octanol–water partition coefficient (Wildman–Crippen LogP) is 4.22. The number of benzene rings is 2. The molecule has 3 aromatic rings. The predicted molar refractivity (Wildman–Crippen MR) is 161 cm³/mol. The lowest BCUT2D eigenvalue weighted by Crippen LogP contribution is -2.46. The molecule has 2 heterocycles. The molecule has 1 aromatic heterocycles. The van der Waals surface area contributed by atoms with Crippen LogP contribution in [0.5, 0.6) is 0 Å². The van der Waals surface area contributed by atoms with Gasteiger partial charge in [0.2, 0.25) is 11.8 Å². The van der Waals surface area contributed by atoms with Gasteiger partial charge in [-0.05, 0) is 55.7 Å². The van der Waals surface area contributed by atoms with Crippen LogP contribution in [0.1, 0.15) is 57.4 Å². The Bertz CT molecular complexity index is 1330. The van der Waals surface area contributed by atoms with E-state index >= 15 is 0 Å². The molecule has 3 unspecified atom stereocenters. The average molecular weight is 579 g/mol. The van der Waals surface area contributed by atoms with Gasteiger partial charge >= 0.3 is 11.7 Å². The number of carboxylic acid groups (broad SMARTS) is 1. The fraction of sp³-hybridized carbons (Fsp3) is 0.438. The van der Waals surface area contributed by atoms with E-state index in [-0.39, 0.29) is 18.4 Å². The lowest BCUT2D eigenvalue weighted by molar-refractivity contribution is -0.138. The standard InChI is InChI=1S/C14H19N3O2.C11H18O2.C7H5NO2/c15-14(19)12-7-4-8-17(12)13(18)10-16-9-11-5-2-1-3-6-11;1-2-3-4-5-6-7-9-8-10(9)11(12)13;9-7-8-5-3-1-2-4-6(5)10-7/h1-3,5-6,12,16H,4,7-10H2,(H2,15,19);6-7,9-10H,2-5,8H2,1H3,(H,12,13);1-4H,(H,8,9)/b;7-6-;. The monoisotopic (exact) mass is 578 g/mol. The van der Waals surface area contributed by atoms with E-state index < -0.39 is 23.7 Å². The van der Waals surface area contributed by atoms with Crippen LogP contribution in [-0.2, 0) is 20.9 Å². The van der Waals surface area contributed by atoms with Crippen LogP contribution in [0.2, 0.25) is 0 Å². The third-order valence-electron chi connectivity index (χ3n) is 7.19. The number of aliphatic carboxylic acids is 1. The van der Waals surface area contributed by atoms with Crippen LogP contribution in [0.15, 0.2) is 76.0 Å². The number of para-hydroxylation sites is 2. The second kappa shape index (κ2) is 16.9. The summed E-state index contributed by atoms with van der Waals surface area (Å²) in [6.07, 6.45) is 11.5. The largest absolute Gasteiger partial charge is 0.481 e. The molecule has 2 amide bonds. The van der Waals surface area contributed by atoms with Crippen LogP contribution in [-0.4, -0.2) is 51.9 Å². The molecule has 1 saturated heterocycles. The molecule has 226 valence electrons. The number of amides is 2. The molecular formula is C32H42N4O6. The maximum absolute atomic E-state index is 12.0. The number of rotatable bonds is 11. The number of nitrogens with two attached hydrogens (primary N) is 1. The Kier molecular flexibility index (Phi) is 13.0. The topological polar surface area (TPSA) is 159 Å². The van der Waals surface area contributed by atoms with E-state index in [1.54, 1.807) is 17.0 Å². The van der Waals surface area contributed by atoms with E-state index in [1.807, 2.05) is 42.5 Å². The molecular weight excluding hydrogens is 536 g/mol. The van der Waals surface area contributed by atoms with Gasteiger partial charge in [-0.15, -0.1) is 0 Å². The van der Waals surface area contributed by atoms with Crippen molar-refractivity contribution in [2.75, 3.05) is 13.1 Å². The number of carbonyl (C=O) groups excluding carboxylic acids is 2. The number of hydrogen-bond donors (Lipinski definition) is 4. The quantitative estimate of drug-likeness (QED) is 0.196. The van der Waals surface area contributed by atoms with Gasteiger partial charge in [-0.1, -0.05) is 74.4 Å². The van der Waals surface area contributed by atoms with Gasteiger partial charge < -0.3 is 25.5 Å². The number of oxazole rings is 1. The van der Waals surface area contributed by atoms with Crippen molar-refractivity contribution < 1.29 is 23.9 Å². The van der Waals surface area contributed by atoms with Gasteiger partial charge in [0.1, 0.15) is 6.04 Å². The lowest BCUT2D eigenvalue weighted by Gasteiger charge is -2.22. The highest BCUT2D eigenvalue weighted by atomic mass is 16.4. The number of aromatic amines is 1. The number of nitrogens with one attached hydrogen (secondary N) is 2. The highest BCUT2D eigenvalue weighted by Gasteiger charge is 2.40. The first kappa shape index (κ1) is 32.3. The summed E-state index contributed by atoms with van der Waals surface area (Å²) < 4.78 is 4.76. The van der Waals surface area contributed by atoms with Gasteiger partial charge in [-0.25, -0.2) is 4.79 Å². The van der Waals surface area contributed by atoms with Crippen LogP contribution in [0.4, 0.5) is 0 Å². The summed E-state index contributed by atoms with van der Waals surface area (Å²) >= 11 is 0. The summed E-state index contributed by atoms with van der Waals surface area (Å²) in [6, 6.07) is 16.6. The normalized spacial score (nSPS) is 19.1. The van der Waals surface area contributed by atoms with E-state index in [2.05, 4.69) is 29.4 Å². The molecule has 5 N–H and O–H groups in total. The van der Waals surface area contributed by atoms with Gasteiger partial charge in [-0.2, -0.15) is 0 Å².